The van der Waals surface area contributed by atoms with Gasteiger partial charge in [-0.2, -0.15) is 0 Å². The van der Waals surface area contributed by atoms with Crippen molar-refractivity contribution in [2.75, 3.05) is 12.8 Å². The minimum atomic E-state index is 0.620. The van der Waals surface area contributed by atoms with Crippen LogP contribution in [0.3, 0.4) is 0 Å². The highest BCUT2D eigenvalue weighted by molar-refractivity contribution is 5.70. The van der Waals surface area contributed by atoms with Crippen LogP contribution in [0.5, 0.6) is 5.88 Å². The normalized spacial score (nSPS) is 10.3. The first-order valence-electron chi connectivity index (χ1n) is 5.49. The van der Waals surface area contributed by atoms with Gasteiger partial charge in [0.1, 0.15) is 0 Å². The molecule has 0 bridgehead atoms. The summed E-state index contributed by atoms with van der Waals surface area (Å²) in [4.78, 5) is 4.10. The molecule has 3 nitrogen and oxygen atoms in total. The number of hydrogen-bond donors (Lipinski definition) is 1. The first-order valence-corrected chi connectivity index (χ1v) is 5.49. The number of hydrogen-bond acceptors (Lipinski definition) is 3. The molecular weight excluding hydrogens is 212 g/mol. The predicted molar refractivity (Wildman–Crippen MR) is 70.1 cm³/mol. The summed E-state index contributed by atoms with van der Waals surface area (Å²) in [5.74, 6) is 0.620. The highest BCUT2D eigenvalue weighted by Crippen LogP contribution is 2.27. The lowest BCUT2D eigenvalue weighted by atomic mass is 10.00. The fourth-order valence-corrected chi connectivity index (χ4v) is 1.84. The Labute approximate surface area is 101 Å². The van der Waals surface area contributed by atoms with E-state index in [1.54, 1.807) is 13.3 Å². The molecule has 0 fully saturated rings. The summed E-state index contributed by atoms with van der Waals surface area (Å²) in [7, 11) is 1.62. The standard InChI is InChI=1S/C14H16N2O/c1-9-6-12(7-10(2)14(9)15)11-4-5-16-13(8-11)17-3/h4-8H,15H2,1-3H3. The zero-order valence-electron chi connectivity index (χ0n) is 10.3. The summed E-state index contributed by atoms with van der Waals surface area (Å²) in [6.07, 6.45) is 1.75. The van der Waals surface area contributed by atoms with Crippen LogP contribution >= 0.6 is 0 Å². The molecule has 1 heterocycles. The van der Waals surface area contributed by atoms with Gasteiger partial charge < -0.3 is 10.5 Å². The van der Waals surface area contributed by atoms with Gasteiger partial charge in [-0.1, -0.05) is 0 Å². The van der Waals surface area contributed by atoms with Crippen molar-refractivity contribution < 1.29 is 4.74 Å². The molecule has 0 saturated carbocycles. The third kappa shape index (κ3) is 2.23. The van der Waals surface area contributed by atoms with Gasteiger partial charge in [0.2, 0.25) is 5.88 Å². The Bertz CT molecular complexity index is 527. The van der Waals surface area contributed by atoms with Crippen molar-refractivity contribution in [3.8, 4) is 17.0 Å². The third-order valence-electron chi connectivity index (χ3n) is 2.87. The summed E-state index contributed by atoms with van der Waals surface area (Å²) in [5.41, 5.74) is 11.2. The van der Waals surface area contributed by atoms with Crippen molar-refractivity contribution in [1.82, 2.24) is 4.98 Å². The van der Waals surface area contributed by atoms with E-state index >= 15 is 0 Å². The first kappa shape index (κ1) is 11.5. The van der Waals surface area contributed by atoms with E-state index in [9.17, 15) is 0 Å². The van der Waals surface area contributed by atoms with Crippen molar-refractivity contribution in [2.45, 2.75) is 13.8 Å². The number of aromatic nitrogens is 1. The average Bonchev–Trinajstić information content (AvgIpc) is 2.35. The number of aryl methyl sites for hydroxylation is 2. The number of nitrogen functional groups attached to an aromatic ring is 1. The quantitative estimate of drug-likeness (QED) is 0.804. The molecule has 3 heteroatoms. The number of anilines is 1. The topological polar surface area (TPSA) is 48.1 Å². The monoisotopic (exact) mass is 228 g/mol. The fraction of sp³-hybridized carbons (Fsp3) is 0.214. The van der Waals surface area contributed by atoms with Crippen LogP contribution in [0.1, 0.15) is 11.1 Å². The minimum absolute atomic E-state index is 0.620. The molecule has 88 valence electrons. The van der Waals surface area contributed by atoms with Crippen LogP contribution < -0.4 is 10.5 Å². The molecule has 1 aromatic carbocycles. The van der Waals surface area contributed by atoms with Gasteiger partial charge in [-0.3, -0.25) is 0 Å². The van der Waals surface area contributed by atoms with Crippen molar-refractivity contribution in [1.29, 1.82) is 0 Å². The molecule has 0 unspecified atom stereocenters. The molecule has 1 aromatic heterocycles. The number of ether oxygens (including phenoxy) is 1. The number of nitrogens with zero attached hydrogens (tertiary/aromatic N) is 1. The van der Waals surface area contributed by atoms with E-state index in [-0.39, 0.29) is 0 Å². The van der Waals surface area contributed by atoms with Gasteiger partial charge >= 0.3 is 0 Å². The van der Waals surface area contributed by atoms with E-state index < -0.39 is 0 Å². The number of nitrogens with two attached hydrogens (primary N) is 1. The number of pyridine rings is 1. The Kier molecular flexibility index (Phi) is 3.00. The maximum atomic E-state index is 5.95. The molecule has 0 aliphatic carbocycles. The van der Waals surface area contributed by atoms with Crippen LogP contribution in [0.4, 0.5) is 5.69 Å². The van der Waals surface area contributed by atoms with Crippen LogP contribution in [-0.2, 0) is 0 Å². The van der Waals surface area contributed by atoms with Gasteiger partial charge in [-0.15, -0.1) is 0 Å². The largest absolute Gasteiger partial charge is 0.481 e. The molecule has 0 amide bonds. The number of benzene rings is 1. The molecule has 0 saturated heterocycles. The van der Waals surface area contributed by atoms with Crippen LogP contribution in [0, 0.1) is 13.8 Å². The highest BCUT2D eigenvalue weighted by atomic mass is 16.5. The second-order valence-corrected chi connectivity index (χ2v) is 4.11. The number of rotatable bonds is 2. The highest BCUT2D eigenvalue weighted by Gasteiger charge is 2.05. The zero-order chi connectivity index (χ0) is 12.4. The summed E-state index contributed by atoms with van der Waals surface area (Å²) < 4.78 is 5.12. The SMILES string of the molecule is COc1cc(-c2cc(C)c(N)c(C)c2)ccn1. The average molecular weight is 228 g/mol. The van der Waals surface area contributed by atoms with E-state index in [1.165, 1.54) is 0 Å². The maximum absolute atomic E-state index is 5.95. The molecule has 0 aliphatic rings. The Balaban J connectivity index is 2.52. The van der Waals surface area contributed by atoms with Crippen LogP contribution in [0.25, 0.3) is 11.1 Å². The maximum Gasteiger partial charge on any atom is 0.213 e. The van der Waals surface area contributed by atoms with E-state index in [0.717, 1.165) is 27.9 Å². The number of methoxy groups -OCH3 is 1. The zero-order valence-corrected chi connectivity index (χ0v) is 10.3. The Hall–Kier alpha value is -2.03. The van der Waals surface area contributed by atoms with Crippen molar-refractivity contribution >= 4 is 5.69 Å². The molecular formula is C14H16N2O. The van der Waals surface area contributed by atoms with Crippen molar-refractivity contribution in [3.63, 3.8) is 0 Å². The van der Waals surface area contributed by atoms with E-state index in [1.807, 2.05) is 26.0 Å². The molecule has 2 aromatic rings. The van der Waals surface area contributed by atoms with Gasteiger partial charge in [-0.25, -0.2) is 4.98 Å². The summed E-state index contributed by atoms with van der Waals surface area (Å²) in [6.45, 7) is 4.04. The second kappa shape index (κ2) is 4.45. The summed E-state index contributed by atoms with van der Waals surface area (Å²) >= 11 is 0. The molecule has 0 radical (unpaired) electrons. The lowest BCUT2D eigenvalue weighted by Gasteiger charge is -2.09. The van der Waals surface area contributed by atoms with Crippen molar-refractivity contribution in [2.24, 2.45) is 0 Å². The summed E-state index contributed by atoms with van der Waals surface area (Å²) in [5, 5.41) is 0. The van der Waals surface area contributed by atoms with Crippen LogP contribution in [-0.4, -0.2) is 12.1 Å². The molecule has 2 rings (SSSR count). The van der Waals surface area contributed by atoms with Crippen LogP contribution in [0.15, 0.2) is 30.5 Å². The van der Waals surface area contributed by atoms with Crippen molar-refractivity contribution in [3.05, 3.63) is 41.6 Å². The van der Waals surface area contributed by atoms with E-state index in [2.05, 4.69) is 17.1 Å². The third-order valence-corrected chi connectivity index (χ3v) is 2.87. The van der Waals surface area contributed by atoms with Gasteiger partial charge in [-0.05, 0) is 54.3 Å². The second-order valence-electron chi connectivity index (χ2n) is 4.11. The lowest BCUT2D eigenvalue weighted by Crippen LogP contribution is -1.94. The van der Waals surface area contributed by atoms with Gasteiger partial charge in [0.25, 0.3) is 0 Å². The summed E-state index contributed by atoms with van der Waals surface area (Å²) in [6, 6.07) is 8.05. The van der Waals surface area contributed by atoms with Gasteiger partial charge in [0.05, 0.1) is 7.11 Å². The minimum Gasteiger partial charge on any atom is -0.481 e. The molecule has 0 aliphatic heterocycles. The Morgan fingerprint density at radius 2 is 1.71 bits per heavy atom. The Morgan fingerprint density at radius 3 is 2.29 bits per heavy atom. The first-order chi connectivity index (χ1) is 8.11. The molecule has 17 heavy (non-hydrogen) atoms. The predicted octanol–water partition coefficient (Wildman–Crippen LogP) is 2.96. The van der Waals surface area contributed by atoms with Gasteiger partial charge in [0, 0.05) is 18.0 Å². The van der Waals surface area contributed by atoms with Gasteiger partial charge in [0.15, 0.2) is 0 Å². The molecule has 2 N–H and O–H groups in total. The molecule has 0 spiro atoms. The Morgan fingerprint density at radius 1 is 1.06 bits per heavy atom. The van der Waals surface area contributed by atoms with Crippen LogP contribution in [0.2, 0.25) is 0 Å². The lowest BCUT2D eigenvalue weighted by molar-refractivity contribution is 0.398. The fourth-order valence-electron chi connectivity index (χ4n) is 1.84. The van der Waals surface area contributed by atoms with E-state index in [4.69, 9.17) is 10.5 Å². The van der Waals surface area contributed by atoms with E-state index in [0.29, 0.717) is 5.88 Å². The molecule has 0 atom stereocenters. The smallest absolute Gasteiger partial charge is 0.213 e.